The SMILES string of the molecule is CCCCOc1ccc(/C=C2/C(=O)N(Cc3ccc4c(c3)OCO4)C(=O)C(C#N)=C2C)cc1OCC. The van der Waals surface area contributed by atoms with Gasteiger partial charge in [-0.3, -0.25) is 14.5 Å². The van der Waals surface area contributed by atoms with Crippen molar-refractivity contribution >= 4 is 17.9 Å². The van der Waals surface area contributed by atoms with E-state index in [0.29, 0.717) is 52.9 Å². The van der Waals surface area contributed by atoms with E-state index in [-0.39, 0.29) is 24.5 Å². The molecule has 186 valence electrons. The third-order valence-electron chi connectivity index (χ3n) is 5.94. The fourth-order valence-electron chi connectivity index (χ4n) is 3.99. The van der Waals surface area contributed by atoms with Crippen molar-refractivity contribution in [2.24, 2.45) is 0 Å². The van der Waals surface area contributed by atoms with Crippen LogP contribution in [0.2, 0.25) is 0 Å². The number of carbonyl (C=O) groups excluding carboxylic acids is 2. The van der Waals surface area contributed by atoms with E-state index in [1.54, 1.807) is 43.3 Å². The Kier molecular flexibility index (Phi) is 7.59. The van der Waals surface area contributed by atoms with Crippen molar-refractivity contribution in [3.8, 4) is 29.1 Å². The Bertz CT molecular complexity index is 1290. The number of ether oxygens (including phenoxy) is 4. The molecule has 2 aliphatic rings. The van der Waals surface area contributed by atoms with Gasteiger partial charge in [0.2, 0.25) is 6.79 Å². The maximum Gasteiger partial charge on any atom is 0.271 e. The summed E-state index contributed by atoms with van der Waals surface area (Å²) in [4.78, 5) is 27.6. The van der Waals surface area contributed by atoms with Gasteiger partial charge < -0.3 is 18.9 Å². The van der Waals surface area contributed by atoms with Crippen LogP contribution in [0.5, 0.6) is 23.0 Å². The zero-order chi connectivity index (χ0) is 25.7. The predicted octanol–water partition coefficient (Wildman–Crippen LogP) is 4.79. The molecule has 2 aromatic rings. The third-order valence-corrected chi connectivity index (χ3v) is 5.94. The highest BCUT2D eigenvalue weighted by Crippen LogP contribution is 2.35. The molecular weight excluding hydrogens is 460 g/mol. The minimum Gasteiger partial charge on any atom is -0.490 e. The number of nitriles is 1. The number of fused-ring (bicyclic) bond motifs is 1. The Morgan fingerprint density at radius 3 is 2.58 bits per heavy atom. The predicted molar refractivity (Wildman–Crippen MR) is 132 cm³/mol. The summed E-state index contributed by atoms with van der Waals surface area (Å²) in [6.07, 6.45) is 3.62. The van der Waals surface area contributed by atoms with E-state index in [0.717, 1.165) is 17.7 Å². The van der Waals surface area contributed by atoms with Crippen molar-refractivity contribution in [1.82, 2.24) is 4.90 Å². The van der Waals surface area contributed by atoms with Crippen molar-refractivity contribution in [3.63, 3.8) is 0 Å². The fraction of sp³-hybridized carbons (Fsp3) is 0.321. The van der Waals surface area contributed by atoms with Crippen LogP contribution in [0.15, 0.2) is 53.1 Å². The summed E-state index contributed by atoms with van der Waals surface area (Å²) in [6, 6.07) is 12.6. The summed E-state index contributed by atoms with van der Waals surface area (Å²) >= 11 is 0. The quantitative estimate of drug-likeness (QED) is 0.284. The van der Waals surface area contributed by atoms with Gasteiger partial charge in [0.05, 0.1) is 19.8 Å². The number of unbranched alkanes of at least 4 members (excludes halogenated alkanes) is 1. The molecule has 2 heterocycles. The maximum atomic E-state index is 13.5. The standard InChI is InChI=1S/C28H28N2O6/c1-4-6-11-34-23-9-7-19(13-25(23)33-5-2)12-21-18(3)22(15-29)28(32)30(27(21)31)16-20-8-10-24-26(14-20)36-17-35-24/h7-10,12-14H,4-6,11,16-17H2,1-3H3/b21-12+. The van der Waals surface area contributed by atoms with Gasteiger partial charge >= 0.3 is 0 Å². The Morgan fingerprint density at radius 2 is 1.83 bits per heavy atom. The van der Waals surface area contributed by atoms with Gasteiger partial charge in [-0.2, -0.15) is 5.26 Å². The molecule has 0 atom stereocenters. The Labute approximate surface area is 210 Å². The number of imide groups is 1. The second kappa shape index (κ2) is 11.0. The monoisotopic (exact) mass is 488 g/mol. The molecular formula is C28H28N2O6. The molecule has 0 bridgehead atoms. The van der Waals surface area contributed by atoms with Gasteiger partial charge in [-0.05, 0) is 67.3 Å². The smallest absolute Gasteiger partial charge is 0.271 e. The molecule has 0 radical (unpaired) electrons. The minimum atomic E-state index is -0.621. The van der Waals surface area contributed by atoms with Crippen LogP contribution >= 0.6 is 0 Å². The Hall–Kier alpha value is -4.25. The summed E-state index contributed by atoms with van der Waals surface area (Å²) in [5, 5.41) is 9.70. The van der Waals surface area contributed by atoms with E-state index < -0.39 is 11.8 Å². The van der Waals surface area contributed by atoms with E-state index in [9.17, 15) is 14.9 Å². The molecule has 2 amide bonds. The molecule has 2 aromatic carbocycles. The molecule has 0 saturated heterocycles. The molecule has 0 N–H and O–H groups in total. The van der Waals surface area contributed by atoms with Crippen molar-refractivity contribution in [1.29, 1.82) is 5.26 Å². The van der Waals surface area contributed by atoms with Crippen LogP contribution in [0.3, 0.4) is 0 Å². The van der Waals surface area contributed by atoms with E-state index in [1.165, 1.54) is 0 Å². The number of rotatable bonds is 9. The van der Waals surface area contributed by atoms with E-state index >= 15 is 0 Å². The third kappa shape index (κ3) is 5.05. The number of benzene rings is 2. The summed E-state index contributed by atoms with van der Waals surface area (Å²) in [6.45, 7) is 6.76. The highest BCUT2D eigenvalue weighted by molar-refractivity contribution is 6.19. The first-order valence-corrected chi connectivity index (χ1v) is 11.9. The van der Waals surface area contributed by atoms with Crippen molar-refractivity contribution in [3.05, 3.63) is 64.2 Å². The molecule has 0 aliphatic carbocycles. The fourth-order valence-corrected chi connectivity index (χ4v) is 3.99. The topological polar surface area (TPSA) is 98.1 Å². The van der Waals surface area contributed by atoms with Gasteiger partial charge in [0.1, 0.15) is 11.6 Å². The van der Waals surface area contributed by atoms with E-state index in [4.69, 9.17) is 18.9 Å². The minimum absolute atomic E-state index is 0.00148. The van der Waals surface area contributed by atoms with Crippen LogP contribution in [0.25, 0.3) is 6.08 Å². The van der Waals surface area contributed by atoms with Crippen LogP contribution in [0.1, 0.15) is 44.7 Å². The number of hydrogen-bond acceptors (Lipinski definition) is 7. The van der Waals surface area contributed by atoms with Crippen LogP contribution < -0.4 is 18.9 Å². The lowest BCUT2D eigenvalue weighted by molar-refractivity contribution is -0.141. The molecule has 36 heavy (non-hydrogen) atoms. The van der Waals surface area contributed by atoms with Crippen molar-refractivity contribution < 1.29 is 28.5 Å². The van der Waals surface area contributed by atoms with Gasteiger partial charge in [-0.15, -0.1) is 0 Å². The average Bonchev–Trinajstić information content (AvgIpc) is 3.34. The maximum absolute atomic E-state index is 13.5. The summed E-state index contributed by atoms with van der Waals surface area (Å²) in [5.74, 6) is 1.27. The Balaban J connectivity index is 1.67. The Morgan fingerprint density at radius 1 is 1.03 bits per heavy atom. The molecule has 0 fully saturated rings. The second-order valence-electron chi connectivity index (χ2n) is 8.40. The lowest BCUT2D eigenvalue weighted by Gasteiger charge is -2.27. The second-order valence-corrected chi connectivity index (χ2v) is 8.40. The van der Waals surface area contributed by atoms with Crippen LogP contribution in [-0.2, 0) is 16.1 Å². The van der Waals surface area contributed by atoms with Crippen molar-refractivity contribution in [2.45, 2.75) is 40.2 Å². The lowest BCUT2D eigenvalue weighted by atomic mass is 9.93. The molecule has 2 aliphatic heterocycles. The zero-order valence-electron chi connectivity index (χ0n) is 20.6. The molecule has 0 unspecified atom stereocenters. The first kappa shape index (κ1) is 24.9. The molecule has 0 spiro atoms. The van der Waals surface area contributed by atoms with Crippen molar-refractivity contribution in [2.75, 3.05) is 20.0 Å². The van der Waals surface area contributed by atoms with Gasteiger partial charge in [-0.25, -0.2) is 0 Å². The molecule has 0 aromatic heterocycles. The number of hydrogen-bond donors (Lipinski definition) is 0. The van der Waals surface area contributed by atoms with Gasteiger partial charge in [0.15, 0.2) is 23.0 Å². The first-order chi connectivity index (χ1) is 17.5. The van der Waals surface area contributed by atoms with Crippen LogP contribution in [0, 0.1) is 11.3 Å². The van der Waals surface area contributed by atoms with Crippen LogP contribution in [0.4, 0.5) is 0 Å². The lowest BCUT2D eigenvalue weighted by Crippen LogP contribution is -2.42. The van der Waals surface area contributed by atoms with E-state index in [2.05, 4.69) is 6.92 Å². The highest BCUT2D eigenvalue weighted by Gasteiger charge is 2.35. The largest absolute Gasteiger partial charge is 0.490 e. The molecule has 8 nitrogen and oxygen atoms in total. The zero-order valence-corrected chi connectivity index (χ0v) is 20.6. The average molecular weight is 489 g/mol. The summed E-state index contributed by atoms with van der Waals surface area (Å²) < 4.78 is 22.3. The highest BCUT2D eigenvalue weighted by atomic mass is 16.7. The summed E-state index contributed by atoms with van der Waals surface area (Å²) in [5.41, 5.74) is 1.93. The normalized spacial score (nSPS) is 15.9. The van der Waals surface area contributed by atoms with E-state index in [1.807, 2.05) is 19.1 Å². The number of amides is 2. The van der Waals surface area contributed by atoms with Gasteiger partial charge in [0, 0.05) is 5.57 Å². The summed E-state index contributed by atoms with van der Waals surface area (Å²) in [7, 11) is 0. The molecule has 0 saturated carbocycles. The number of nitrogens with zero attached hydrogens (tertiary/aromatic N) is 2. The molecule has 4 rings (SSSR count). The number of carbonyl (C=O) groups is 2. The first-order valence-electron chi connectivity index (χ1n) is 11.9. The molecule has 8 heteroatoms. The van der Waals surface area contributed by atoms with Gasteiger partial charge in [0.25, 0.3) is 11.8 Å². The van der Waals surface area contributed by atoms with Gasteiger partial charge in [-0.1, -0.05) is 25.5 Å². The van der Waals surface area contributed by atoms with Crippen LogP contribution in [-0.4, -0.2) is 36.7 Å².